The molecule has 3 aromatic heterocycles. The fourth-order valence-electron chi connectivity index (χ4n) is 6.63. The van der Waals surface area contributed by atoms with Crippen LogP contribution in [0.15, 0.2) is 176 Å². The molecule has 9 aromatic rings. The van der Waals surface area contributed by atoms with E-state index >= 15 is 0 Å². The van der Waals surface area contributed by atoms with Crippen molar-refractivity contribution in [2.45, 2.75) is 0 Å². The minimum absolute atomic E-state index is 0.623. The van der Waals surface area contributed by atoms with Crippen LogP contribution in [0, 0.1) is 0 Å². The van der Waals surface area contributed by atoms with E-state index in [1.165, 1.54) is 16.5 Å². The Morgan fingerprint density at radius 1 is 0.320 bits per heavy atom. The molecule has 234 valence electrons. The monoisotopic (exact) mass is 639 g/mol. The number of nitrogens with zero attached hydrogens (tertiary/aromatic N) is 5. The number of hydrogen-bond donors (Lipinski definition) is 0. The van der Waals surface area contributed by atoms with Gasteiger partial charge in [-0.2, -0.15) is 0 Å². The number of pyridine rings is 2. The summed E-state index contributed by atoms with van der Waals surface area (Å²) < 4.78 is 0. The van der Waals surface area contributed by atoms with E-state index in [9.17, 15) is 0 Å². The van der Waals surface area contributed by atoms with E-state index in [4.69, 9.17) is 19.9 Å². The van der Waals surface area contributed by atoms with E-state index in [-0.39, 0.29) is 0 Å². The zero-order valence-corrected chi connectivity index (χ0v) is 27.0. The average Bonchev–Trinajstić information content (AvgIpc) is 3.21. The molecule has 6 aromatic carbocycles. The molecule has 0 aliphatic carbocycles. The van der Waals surface area contributed by atoms with E-state index in [2.05, 4.69) is 102 Å². The lowest BCUT2D eigenvalue weighted by molar-refractivity contribution is 1.07. The van der Waals surface area contributed by atoms with Crippen molar-refractivity contribution in [3.63, 3.8) is 0 Å². The second kappa shape index (κ2) is 12.6. The molecule has 0 N–H and O–H groups in total. The number of fused-ring (bicyclic) bond motifs is 3. The maximum Gasteiger partial charge on any atom is 0.164 e. The van der Waals surface area contributed by atoms with Crippen molar-refractivity contribution in [2.24, 2.45) is 0 Å². The molecule has 50 heavy (non-hydrogen) atoms. The first-order chi connectivity index (χ1) is 24.8. The molecule has 0 fully saturated rings. The second-order valence-corrected chi connectivity index (χ2v) is 12.1. The van der Waals surface area contributed by atoms with E-state index < -0.39 is 0 Å². The molecule has 0 bridgehead atoms. The van der Waals surface area contributed by atoms with Gasteiger partial charge in [0.2, 0.25) is 0 Å². The minimum atomic E-state index is 0.623. The lowest BCUT2D eigenvalue weighted by Crippen LogP contribution is -2.00. The van der Waals surface area contributed by atoms with Gasteiger partial charge in [-0.25, -0.2) is 19.9 Å². The first-order valence-electron chi connectivity index (χ1n) is 16.6. The molecule has 0 aliphatic rings. The number of aromatic nitrogens is 5. The molecule has 0 aliphatic heterocycles. The van der Waals surface area contributed by atoms with Gasteiger partial charge in [-0.05, 0) is 28.8 Å². The Morgan fingerprint density at radius 3 is 1.38 bits per heavy atom. The van der Waals surface area contributed by atoms with Gasteiger partial charge in [0.1, 0.15) is 0 Å². The van der Waals surface area contributed by atoms with Gasteiger partial charge in [-0.3, -0.25) is 4.98 Å². The molecule has 3 heterocycles. The maximum atomic E-state index is 5.38. The molecular formula is C45H29N5. The lowest BCUT2D eigenvalue weighted by atomic mass is 9.91. The summed E-state index contributed by atoms with van der Waals surface area (Å²) in [4.78, 5) is 24.5. The van der Waals surface area contributed by atoms with E-state index in [1.807, 2.05) is 72.9 Å². The predicted octanol–water partition coefficient (Wildman–Crippen LogP) is 11.0. The molecule has 5 heteroatoms. The van der Waals surface area contributed by atoms with Crippen LogP contribution in [0.4, 0.5) is 0 Å². The molecule has 0 radical (unpaired) electrons. The standard InChI is InChI=1S/C45H29N5/c1-4-13-30(14-5-1)36-20-10-22-38-40(36)39-23-11-21-37(42(39)47-41(38)35-19-12-28-46-29-35)31-24-26-34(27-25-31)45-49-43(32-15-6-2-7-16-32)48-44(50-45)33-17-8-3-9-18-33/h1-29H. The molecule has 9 rings (SSSR count). The summed E-state index contributed by atoms with van der Waals surface area (Å²) in [6.45, 7) is 0. The zero-order valence-electron chi connectivity index (χ0n) is 27.0. The van der Waals surface area contributed by atoms with Gasteiger partial charge in [0.25, 0.3) is 0 Å². The summed E-state index contributed by atoms with van der Waals surface area (Å²) in [5.41, 5.74) is 10.1. The number of hydrogen-bond acceptors (Lipinski definition) is 5. The van der Waals surface area contributed by atoms with E-state index in [0.717, 1.165) is 55.4 Å². The molecule has 0 amide bonds. The van der Waals surface area contributed by atoms with Gasteiger partial charge in [0.05, 0.1) is 11.2 Å². The molecule has 0 unspecified atom stereocenters. The Kier molecular flexibility index (Phi) is 7.41. The molecule has 0 saturated heterocycles. The molecule has 0 spiro atoms. The highest BCUT2D eigenvalue weighted by molar-refractivity contribution is 6.19. The molecule has 0 atom stereocenters. The Balaban J connectivity index is 1.21. The van der Waals surface area contributed by atoms with Gasteiger partial charge < -0.3 is 0 Å². The summed E-state index contributed by atoms with van der Waals surface area (Å²) in [6.07, 6.45) is 3.69. The smallest absolute Gasteiger partial charge is 0.164 e. The fraction of sp³-hybridized carbons (Fsp3) is 0. The predicted molar refractivity (Wildman–Crippen MR) is 203 cm³/mol. The normalized spacial score (nSPS) is 11.2. The third-order valence-electron chi connectivity index (χ3n) is 9.02. The van der Waals surface area contributed by atoms with Gasteiger partial charge in [-0.1, -0.05) is 152 Å². The van der Waals surface area contributed by atoms with Crippen LogP contribution >= 0.6 is 0 Å². The number of rotatable bonds is 6. The van der Waals surface area contributed by atoms with Crippen molar-refractivity contribution in [2.75, 3.05) is 0 Å². The van der Waals surface area contributed by atoms with Crippen molar-refractivity contribution >= 4 is 21.7 Å². The van der Waals surface area contributed by atoms with Crippen LogP contribution < -0.4 is 0 Å². The van der Waals surface area contributed by atoms with Crippen molar-refractivity contribution < 1.29 is 0 Å². The maximum absolute atomic E-state index is 5.38. The summed E-state index contributed by atoms with van der Waals surface area (Å²) in [6, 6.07) is 56.1. The summed E-state index contributed by atoms with van der Waals surface area (Å²) in [5, 5.41) is 3.37. The Bertz CT molecular complexity index is 2550. The Labute approximate surface area is 289 Å². The molecular weight excluding hydrogens is 611 g/mol. The van der Waals surface area contributed by atoms with Gasteiger partial charge >= 0.3 is 0 Å². The number of para-hydroxylation sites is 1. The summed E-state index contributed by atoms with van der Waals surface area (Å²) in [7, 11) is 0. The highest BCUT2D eigenvalue weighted by Gasteiger charge is 2.18. The van der Waals surface area contributed by atoms with Crippen molar-refractivity contribution in [1.82, 2.24) is 24.9 Å². The first-order valence-corrected chi connectivity index (χ1v) is 16.6. The van der Waals surface area contributed by atoms with Crippen LogP contribution in [-0.2, 0) is 0 Å². The SMILES string of the molecule is c1ccc(-c2nc(-c3ccccc3)nc(-c3ccc(-c4cccc5c4nc(-c4cccnc4)c4cccc(-c6ccccc6)c45)cc3)n2)cc1. The topological polar surface area (TPSA) is 64.5 Å². The van der Waals surface area contributed by atoms with E-state index in [1.54, 1.807) is 6.20 Å². The third kappa shape index (κ3) is 5.37. The summed E-state index contributed by atoms with van der Waals surface area (Å²) >= 11 is 0. The zero-order chi connectivity index (χ0) is 33.3. The van der Waals surface area contributed by atoms with Crippen LogP contribution in [0.1, 0.15) is 0 Å². The first kappa shape index (κ1) is 29.3. The highest BCUT2D eigenvalue weighted by Crippen LogP contribution is 2.41. The third-order valence-corrected chi connectivity index (χ3v) is 9.02. The van der Waals surface area contributed by atoms with Crippen LogP contribution in [0.5, 0.6) is 0 Å². The van der Waals surface area contributed by atoms with Crippen LogP contribution in [0.2, 0.25) is 0 Å². The minimum Gasteiger partial charge on any atom is -0.264 e. The van der Waals surface area contributed by atoms with Gasteiger partial charge in [-0.15, -0.1) is 0 Å². The van der Waals surface area contributed by atoms with Crippen LogP contribution in [-0.4, -0.2) is 24.9 Å². The second-order valence-electron chi connectivity index (χ2n) is 12.1. The van der Waals surface area contributed by atoms with Crippen molar-refractivity contribution in [3.05, 3.63) is 176 Å². The van der Waals surface area contributed by atoms with E-state index in [0.29, 0.717) is 17.5 Å². The van der Waals surface area contributed by atoms with Crippen LogP contribution in [0.25, 0.3) is 89.4 Å². The number of benzene rings is 6. The van der Waals surface area contributed by atoms with Crippen LogP contribution in [0.3, 0.4) is 0 Å². The fourth-order valence-corrected chi connectivity index (χ4v) is 6.63. The van der Waals surface area contributed by atoms with Gasteiger partial charge in [0, 0.05) is 56.4 Å². The molecule has 5 nitrogen and oxygen atoms in total. The molecule has 0 saturated carbocycles. The van der Waals surface area contributed by atoms with Gasteiger partial charge in [0.15, 0.2) is 17.5 Å². The van der Waals surface area contributed by atoms with Crippen molar-refractivity contribution in [1.29, 1.82) is 0 Å². The highest BCUT2D eigenvalue weighted by atomic mass is 15.0. The lowest BCUT2D eigenvalue weighted by Gasteiger charge is -2.16. The Morgan fingerprint density at radius 2 is 0.800 bits per heavy atom. The summed E-state index contributed by atoms with van der Waals surface area (Å²) in [5.74, 6) is 1.90. The Hall–Kier alpha value is -6.85. The van der Waals surface area contributed by atoms with Crippen molar-refractivity contribution in [3.8, 4) is 67.7 Å². The quantitative estimate of drug-likeness (QED) is 0.169. The largest absolute Gasteiger partial charge is 0.264 e. The average molecular weight is 640 g/mol.